The van der Waals surface area contributed by atoms with E-state index in [0.717, 1.165) is 62.5 Å². The maximum atomic E-state index is 15.1. The molecule has 4 heteroatoms. The van der Waals surface area contributed by atoms with Crippen molar-refractivity contribution in [2.24, 2.45) is 0 Å². The average Bonchev–Trinajstić information content (AvgIpc) is 2.96. The first-order chi connectivity index (χ1) is 19.0. The zero-order valence-electron chi connectivity index (χ0n) is 23.3. The molecule has 2 unspecified atom stereocenters. The Balaban J connectivity index is 1.39. The first kappa shape index (κ1) is 29.1. The lowest BCUT2D eigenvalue weighted by molar-refractivity contribution is -0.000797. The van der Waals surface area contributed by atoms with E-state index >= 15 is 4.39 Å². The van der Waals surface area contributed by atoms with Crippen molar-refractivity contribution in [1.29, 1.82) is 0 Å². The molecule has 3 aromatic carbocycles. The monoisotopic (exact) mass is 534 g/mol. The zero-order chi connectivity index (χ0) is 27.6. The van der Waals surface area contributed by atoms with Crippen LogP contribution in [0.15, 0.2) is 66.7 Å². The van der Waals surface area contributed by atoms with E-state index in [1.807, 2.05) is 31.2 Å². The highest BCUT2D eigenvalue weighted by Gasteiger charge is 2.25. The number of hydrogen-bond acceptors (Lipinski definition) is 1. The molecular formula is C35H41F3O. The SMILES string of the molecule is CC=CCCC1CCC(c2ccc(-c3ccc(-c4ccc(CCCCCCC)c(F)c4F)cc3)cc2F)CO1. The summed E-state index contributed by atoms with van der Waals surface area (Å²) in [7, 11) is 0. The molecule has 1 fully saturated rings. The van der Waals surface area contributed by atoms with Crippen LogP contribution in [0.4, 0.5) is 13.2 Å². The van der Waals surface area contributed by atoms with Crippen LogP contribution in [0.2, 0.25) is 0 Å². The van der Waals surface area contributed by atoms with Gasteiger partial charge in [-0.05, 0) is 79.3 Å². The van der Waals surface area contributed by atoms with Crippen molar-refractivity contribution >= 4 is 0 Å². The van der Waals surface area contributed by atoms with Crippen LogP contribution in [0.5, 0.6) is 0 Å². The summed E-state index contributed by atoms with van der Waals surface area (Å²) in [5, 5.41) is 0. The van der Waals surface area contributed by atoms with E-state index in [9.17, 15) is 8.78 Å². The van der Waals surface area contributed by atoms with Crippen LogP contribution in [-0.4, -0.2) is 12.7 Å². The van der Waals surface area contributed by atoms with Crippen molar-refractivity contribution in [3.63, 3.8) is 0 Å². The van der Waals surface area contributed by atoms with Crippen molar-refractivity contribution in [3.8, 4) is 22.3 Å². The molecule has 39 heavy (non-hydrogen) atoms. The molecule has 208 valence electrons. The number of hydrogen-bond donors (Lipinski definition) is 0. The van der Waals surface area contributed by atoms with Gasteiger partial charge in [-0.3, -0.25) is 0 Å². The van der Waals surface area contributed by atoms with E-state index in [0.29, 0.717) is 29.7 Å². The largest absolute Gasteiger partial charge is 0.378 e. The van der Waals surface area contributed by atoms with Crippen molar-refractivity contribution in [2.75, 3.05) is 6.61 Å². The topological polar surface area (TPSA) is 9.23 Å². The van der Waals surface area contributed by atoms with Gasteiger partial charge in [-0.15, -0.1) is 0 Å². The third-order valence-corrected chi connectivity index (χ3v) is 7.94. The maximum absolute atomic E-state index is 15.1. The highest BCUT2D eigenvalue weighted by molar-refractivity contribution is 5.71. The van der Waals surface area contributed by atoms with Gasteiger partial charge in [-0.2, -0.15) is 0 Å². The number of unbranched alkanes of at least 4 members (excludes halogenated alkanes) is 4. The van der Waals surface area contributed by atoms with Crippen molar-refractivity contribution in [2.45, 2.75) is 90.1 Å². The number of benzene rings is 3. The van der Waals surface area contributed by atoms with Crippen LogP contribution in [0.25, 0.3) is 22.3 Å². The molecule has 3 aromatic rings. The molecule has 2 atom stereocenters. The number of aryl methyl sites for hydroxylation is 1. The van der Waals surface area contributed by atoms with E-state index in [1.165, 1.54) is 6.42 Å². The second kappa shape index (κ2) is 14.5. The Morgan fingerprint density at radius 2 is 1.56 bits per heavy atom. The zero-order valence-corrected chi connectivity index (χ0v) is 23.3. The molecule has 1 aliphatic heterocycles. The minimum atomic E-state index is -0.803. The fraction of sp³-hybridized carbons (Fsp3) is 0.429. The molecule has 0 amide bonds. The molecule has 0 N–H and O–H groups in total. The molecule has 0 spiro atoms. The van der Waals surface area contributed by atoms with Gasteiger partial charge in [0.15, 0.2) is 11.6 Å². The predicted molar refractivity (Wildman–Crippen MR) is 155 cm³/mol. The Kier molecular flexibility index (Phi) is 10.8. The van der Waals surface area contributed by atoms with Crippen LogP contribution in [-0.2, 0) is 11.2 Å². The molecule has 1 nitrogen and oxygen atoms in total. The van der Waals surface area contributed by atoms with Crippen LogP contribution in [0, 0.1) is 17.5 Å². The Bertz CT molecular complexity index is 1220. The van der Waals surface area contributed by atoms with Crippen molar-refractivity contribution in [3.05, 3.63) is 95.3 Å². The lowest BCUT2D eigenvalue weighted by atomic mass is 9.88. The first-order valence-corrected chi connectivity index (χ1v) is 14.6. The number of halogens is 3. The molecule has 0 aromatic heterocycles. The molecule has 0 radical (unpaired) electrons. The van der Waals surface area contributed by atoms with E-state index in [1.54, 1.807) is 30.3 Å². The number of ether oxygens (including phenoxy) is 1. The van der Waals surface area contributed by atoms with Gasteiger partial charge < -0.3 is 4.74 Å². The second-order valence-electron chi connectivity index (χ2n) is 10.8. The number of rotatable bonds is 12. The Labute approximate surface area is 232 Å². The summed E-state index contributed by atoms with van der Waals surface area (Å²) in [4.78, 5) is 0. The van der Waals surface area contributed by atoms with Gasteiger partial charge in [0.05, 0.1) is 12.7 Å². The summed E-state index contributed by atoms with van der Waals surface area (Å²) >= 11 is 0. The van der Waals surface area contributed by atoms with Gasteiger partial charge in [-0.25, -0.2) is 13.2 Å². The van der Waals surface area contributed by atoms with Crippen LogP contribution in [0.3, 0.4) is 0 Å². The summed E-state index contributed by atoms with van der Waals surface area (Å²) in [6.45, 7) is 4.73. The smallest absolute Gasteiger partial charge is 0.166 e. The van der Waals surface area contributed by atoms with Gasteiger partial charge in [-0.1, -0.05) is 93.3 Å². The van der Waals surface area contributed by atoms with Crippen LogP contribution >= 0.6 is 0 Å². The third kappa shape index (κ3) is 7.63. The summed E-state index contributed by atoms with van der Waals surface area (Å²) in [5.41, 5.74) is 3.57. The van der Waals surface area contributed by atoms with Gasteiger partial charge >= 0.3 is 0 Å². The van der Waals surface area contributed by atoms with Crippen LogP contribution < -0.4 is 0 Å². The molecule has 1 saturated heterocycles. The number of allylic oxidation sites excluding steroid dienone is 2. The first-order valence-electron chi connectivity index (χ1n) is 14.6. The molecule has 0 saturated carbocycles. The summed E-state index contributed by atoms with van der Waals surface area (Å²) in [5.74, 6) is -1.71. The Hall–Kier alpha value is -2.85. The van der Waals surface area contributed by atoms with E-state index in [2.05, 4.69) is 19.1 Å². The van der Waals surface area contributed by atoms with E-state index in [-0.39, 0.29) is 23.4 Å². The molecule has 4 rings (SSSR count). The minimum Gasteiger partial charge on any atom is -0.378 e. The fourth-order valence-corrected chi connectivity index (χ4v) is 5.53. The fourth-order valence-electron chi connectivity index (χ4n) is 5.53. The highest BCUT2D eigenvalue weighted by atomic mass is 19.2. The van der Waals surface area contributed by atoms with E-state index < -0.39 is 11.6 Å². The average molecular weight is 535 g/mol. The summed E-state index contributed by atoms with van der Waals surface area (Å²) in [6, 6.07) is 15.9. The molecule has 0 bridgehead atoms. The standard InChI is InChI=1S/C35H41F3O/c1-3-5-7-8-10-11-27-18-22-32(35(38)34(27)37)26-15-13-25(14-16-26)28-19-21-31(33(36)23-28)29-17-20-30(39-24-29)12-9-6-4-2/h4,6,13-16,18-19,21-23,29-30H,3,5,7-12,17,20,24H2,1-2H3. The van der Waals surface area contributed by atoms with Gasteiger partial charge in [0.25, 0.3) is 0 Å². The Morgan fingerprint density at radius 1 is 0.821 bits per heavy atom. The second-order valence-corrected chi connectivity index (χ2v) is 10.8. The quantitative estimate of drug-likeness (QED) is 0.166. The third-order valence-electron chi connectivity index (χ3n) is 7.94. The Morgan fingerprint density at radius 3 is 2.26 bits per heavy atom. The van der Waals surface area contributed by atoms with Crippen LogP contribution in [0.1, 0.15) is 88.7 Å². The minimum absolute atomic E-state index is 0.0663. The van der Waals surface area contributed by atoms with Gasteiger partial charge in [0, 0.05) is 11.5 Å². The lowest BCUT2D eigenvalue weighted by Gasteiger charge is -2.29. The molecular weight excluding hydrogens is 493 g/mol. The van der Waals surface area contributed by atoms with Crippen molar-refractivity contribution < 1.29 is 17.9 Å². The highest BCUT2D eigenvalue weighted by Crippen LogP contribution is 2.34. The summed E-state index contributed by atoms with van der Waals surface area (Å²) < 4.78 is 50.9. The normalized spacial score (nSPS) is 17.7. The molecule has 1 heterocycles. The van der Waals surface area contributed by atoms with Crippen molar-refractivity contribution in [1.82, 2.24) is 0 Å². The van der Waals surface area contributed by atoms with E-state index in [4.69, 9.17) is 4.74 Å². The predicted octanol–water partition coefficient (Wildman–Crippen LogP) is 10.6. The summed E-state index contributed by atoms with van der Waals surface area (Å²) in [6.07, 6.45) is 14.3. The molecule has 1 aliphatic rings. The lowest BCUT2D eigenvalue weighted by Crippen LogP contribution is -2.25. The van der Waals surface area contributed by atoms with Gasteiger partial charge in [0.1, 0.15) is 5.82 Å². The molecule has 0 aliphatic carbocycles. The van der Waals surface area contributed by atoms with Gasteiger partial charge in [0.2, 0.25) is 0 Å². The maximum Gasteiger partial charge on any atom is 0.166 e.